The lowest BCUT2D eigenvalue weighted by molar-refractivity contribution is -0.142. The van der Waals surface area contributed by atoms with Crippen LogP contribution in [0, 0.1) is 13.8 Å². The van der Waals surface area contributed by atoms with Crippen molar-refractivity contribution >= 4 is 27.4 Å². The van der Waals surface area contributed by atoms with Gasteiger partial charge in [0.15, 0.2) is 6.61 Å². The number of anilines is 2. The van der Waals surface area contributed by atoms with E-state index >= 15 is 0 Å². The number of nitrogens with one attached hydrogen (secondary N) is 1. The number of carbonyl (C=O) groups excluding carboxylic acids is 1. The smallest absolute Gasteiger partial charge is 0.343 e. The molecule has 9 heteroatoms. The topological polar surface area (TPSA) is 117 Å². The Morgan fingerprint density at radius 3 is 2.41 bits per heavy atom. The molecule has 27 heavy (non-hydrogen) atoms. The zero-order chi connectivity index (χ0) is 20.2. The molecule has 146 valence electrons. The van der Waals surface area contributed by atoms with Crippen LogP contribution in [0.25, 0.3) is 0 Å². The maximum Gasteiger partial charge on any atom is 0.343 e. The molecule has 0 aliphatic heterocycles. The van der Waals surface area contributed by atoms with Gasteiger partial charge in [0.1, 0.15) is 11.5 Å². The van der Waals surface area contributed by atoms with E-state index in [1.807, 2.05) is 0 Å². The number of nitrogens with two attached hydrogens (primary N) is 1. The summed E-state index contributed by atoms with van der Waals surface area (Å²) in [7, 11) is -1.12. The van der Waals surface area contributed by atoms with Crippen LogP contribution in [0.2, 0.25) is 0 Å². The lowest BCUT2D eigenvalue weighted by atomic mass is 10.1. The van der Waals surface area contributed by atoms with Gasteiger partial charge in [0.25, 0.3) is 10.0 Å². The summed E-state index contributed by atoms with van der Waals surface area (Å²) in [5, 5.41) is 0. The number of esters is 1. The Bertz CT molecular complexity index is 957. The van der Waals surface area contributed by atoms with Crippen molar-refractivity contribution in [2.24, 2.45) is 0 Å². The highest BCUT2D eigenvalue weighted by atomic mass is 32.2. The van der Waals surface area contributed by atoms with E-state index < -0.39 is 16.0 Å². The van der Waals surface area contributed by atoms with Crippen LogP contribution in [0.3, 0.4) is 0 Å². The molecule has 0 amide bonds. The Morgan fingerprint density at radius 2 is 1.81 bits per heavy atom. The Labute approximate surface area is 158 Å². The van der Waals surface area contributed by atoms with E-state index in [2.05, 4.69) is 9.46 Å². The van der Waals surface area contributed by atoms with Gasteiger partial charge in [0.05, 0.1) is 30.5 Å². The van der Waals surface area contributed by atoms with Crippen molar-refractivity contribution < 1.29 is 27.4 Å². The van der Waals surface area contributed by atoms with Crippen molar-refractivity contribution in [3.8, 4) is 11.5 Å². The van der Waals surface area contributed by atoms with Crippen molar-refractivity contribution in [3.05, 3.63) is 41.5 Å². The van der Waals surface area contributed by atoms with Crippen LogP contribution >= 0.6 is 0 Å². The van der Waals surface area contributed by atoms with Gasteiger partial charge in [-0.15, -0.1) is 0 Å². The Kier molecular flexibility index (Phi) is 6.17. The fourth-order valence-corrected chi connectivity index (χ4v) is 3.76. The summed E-state index contributed by atoms with van der Waals surface area (Å²) in [6.07, 6.45) is 0. The first kappa shape index (κ1) is 20.4. The van der Waals surface area contributed by atoms with Gasteiger partial charge < -0.3 is 19.9 Å². The van der Waals surface area contributed by atoms with Crippen LogP contribution in [0.15, 0.2) is 35.2 Å². The molecule has 2 aromatic rings. The molecule has 2 rings (SSSR count). The van der Waals surface area contributed by atoms with Gasteiger partial charge in [0, 0.05) is 6.07 Å². The second-order valence-corrected chi connectivity index (χ2v) is 7.39. The predicted octanol–water partition coefficient (Wildman–Crippen LogP) is 2.25. The third-order valence-electron chi connectivity index (χ3n) is 4.05. The zero-order valence-corrected chi connectivity index (χ0v) is 16.3. The minimum absolute atomic E-state index is 0.0839. The van der Waals surface area contributed by atoms with Crippen molar-refractivity contribution in [2.45, 2.75) is 18.7 Å². The summed E-state index contributed by atoms with van der Waals surface area (Å²) in [4.78, 5) is 11.3. The highest BCUT2D eigenvalue weighted by Gasteiger charge is 2.21. The quantitative estimate of drug-likeness (QED) is 0.546. The minimum atomic E-state index is -3.88. The molecular weight excluding hydrogens is 372 g/mol. The molecule has 0 fully saturated rings. The van der Waals surface area contributed by atoms with E-state index in [1.165, 1.54) is 38.5 Å². The van der Waals surface area contributed by atoms with Gasteiger partial charge in [-0.25, -0.2) is 13.2 Å². The molecule has 0 aliphatic carbocycles. The standard InChI is InChI=1S/C18H22N2O6S/c1-11-12(2)17(8-7-16(11)26-10-18(21)25-4)27(22,23)20-15-6-5-13(24-3)9-14(15)19/h5-9,20H,10,19H2,1-4H3. The number of benzene rings is 2. The van der Waals surface area contributed by atoms with Gasteiger partial charge in [-0.3, -0.25) is 4.72 Å². The molecule has 8 nitrogen and oxygen atoms in total. The molecule has 2 aromatic carbocycles. The fourth-order valence-electron chi connectivity index (χ4n) is 2.37. The highest BCUT2D eigenvalue weighted by molar-refractivity contribution is 7.92. The number of carbonyl (C=O) groups is 1. The first-order valence-corrected chi connectivity index (χ1v) is 9.44. The van der Waals surface area contributed by atoms with Gasteiger partial charge in [0.2, 0.25) is 0 Å². The normalized spacial score (nSPS) is 11.0. The number of hydrogen-bond donors (Lipinski definition) is 2. The van der Waals surface area contributed by atoms with Gasteiger partial charge in [-0.05, 0) is 49.2 Å². The molecule has 0 radical (unpaired) electrons. The van der Waals surface area contributed by atoms with E-state index in [0.717, 1.165) is 0 Å². The number of methoxy groups -OCH3 is 2. The largest absolute Gasteiger partial charge is 0.497 e. The van der Waals surface area contributed by atoms with Crippen molar-refractivity contribution in [3.63, 3.8) is 0 Å². The van der Waals surface area contributed by atoms with Crippen LogP contribution < -0.4 is 19.9 Å². The molecule has 0 heterocycles. The molecular formula is C18H22N2O6S. The average Bonchev–Trinajstić information content (AvgIpc) is 2.63. The summed E-state index contributed by atoms with van der Waals surface area (Å²) in [5.41, 5.74) is 7.47. The lowest BCUT2D eigenvalue weighted by Gasteiger charge is -2.16. The van der Waals surface area contributed by atoms with Crippen LogP contribution in [-0.4, -0.2) is 35.2 Å². The first-order chi connectivity index (χ1) is 12.7. The van der Waals surface area contributed by atoms with Crippen LogP contribution in [-0.2, 0) is 19.6 Å². The number of nitrogen functional groups attached to an aromatic ring is 1. The van der Waals surface area contributed by atoms with Gasteiger partial charge >= 0.3 is 5.97 Å². The van der Waals surface area contributed by atoms with Gasteiger partial charge in [-0.2, -0.15) is 0 Å². The molecule has 0 saturated heterocycles. The molecule has 0 spiro atoms. The number of sulfonamides is 1. The first-order valence-electron chi connectivity index (χ1n) is 7.95. The molecule has 0 aliphatic rings. The molecule has 0 aromatic heterocycles. The molecule has 3 N–H and O–H groups in total. The predicted molar refractivity (Wildman–Crippen MR) is 102 cm³/mol. The van der Waals surface area contributed by atoms with E-state index in [-0.39, 0.29) is 22.9 Å². The molecule has 0 bridgehead atoms. The Morgan fingerprint density at radius 1 is 1.11 bits per heavy atom. The second kappa shape index (κ2) is 8.17. The van der Waals surface area contributed by atoms with E-state index in [9.17, 15) is 13.2 Å². The summed E-state index contributed by atoms with van der Waals surface area (Å²) in [6.45, 7) is 3.11. The Balaban J connectivity index is 2.31. The maximum atomic E-state index is 12.8. The number of hydrogen-bond acceptors (Lipinski definition) is 7. The summed E-state index contributed by atoms with van der Waals surface area (Å²) < 4.78 is 43.0. The van der Waals surface area contributed by atoms with Crippen molar-refractivity contribution in [1.82, 2.24) is 0 Å². The molecule has 0 unspecified atom stereocenters. The van der Waals surface area contributed by atoms with Crippen molar-refractivity contribution in [1.29, 1.82) is 0 Å². The van der Waals surface area contributed by atoms with E-state index in [4.69, 9.17) is 15.2 Å². The highest BCUT2D eigenvalue weighted by Crippen LogP contribution is 2.30. The SMILES string of the molecule is COC(=O)COc1ccc(S(=O)(=O)Nc2ccc(OC)cc2N)c(C)c1C. The van der Waals surface area contributed by atoms with E-state index in [1.54, 1.807) is 19.9 Å². The number of rotatable bonds is 7. The maximum absolute atomic E-state index is 12.8. The summed E-state index contributed by atoms with van der Waals surface area (Å²) >= 11 is 0. The van der Waals surface area contributed by atoms with Crippen LogP contribution in [0.4, 0.5) is 11.4 Å². The zero-order valence-electron chi connectivity index (χ0n) is 15.5. The third kappa shape index (κ3) is 4.62. The fraction of sp³-hybridized carbons (Fsp3) is 0.278. The van der Waals surface area contributed by atoms with E-state index in [0.29, 0.717) is 22.6 Å². The number of ether oxygens (including phenoxy) is 3. The minimum Gasteiger partial charge on any atom is -0.497 e. The van der Waals surface area contributed by atoms with Crippen LogP contribution in [0.1, 0.15) is 11.1 Å². The summed E-state index contributed by atoms with van der Waals surface area (Å²) in [5.74, 6) is 0.399. The lowest BCUT2D eigenvalue weighted by Crippen LogP contribution is -2.17. The average molecular weight is 394 g/mol. The Hall–Kier alpha value is -2.94. The third-order valence-corrected chi connectivity index (χ3v) is 5.56. The monoisotopic (exact) mass is 394 g/mol. The molecule has 0 atom stereocenters. The second-order valence-electron chi connectivity index (χ2n) is 5.74. The van der Waals surface area contributed by atoms with Crippen LogP contribution in [0.5, 0.6) is 11.5 Å². The molecule has 0 saturated carbocycles. The summed E-state index contributed by atoms with van der Waals surface area (Å²) in [6, 6.07) is 7.58. The van der Waals surface area contributed by atoms with Gasteiger partial charge in [-0.1, -0.05) is 0 Å². The van der Waals surface area contributed by atoms with Crippen molar-refractivity contribution in [2.75, 3.05) is 31.3 Å².